The molecule has 0 bridgehead atoms. The van der Waals surface area contributed by atoms with Gasteiger partial charge in [-0.15, -0.1) is 0 Å². The fourth-order valence-corrected chi connectivity index (χ4v) is 3.40. The topological polar surface area (TPSA) is 35.5 Å². The largest absolute Gasteiger partial charge is 0.508 e. The van der Waals surface area contributed by atoms with E-state index in [1.165, 1.54) is 25.7 Å². The van der Waals surface area contributed by atoms with Crippen molar-refractivity contribution in [2.75, 3.05) is 24.5 Å². The van der Waals surface area contributed by atoms with Crippen LogP contribution >= 0.6 is 0 Å². The Morgan fingerprint density at radius 2 is 2.00 bits per heavy atom. The lowest BCUT2D eigenvalue weighted by Gasteiger charge is -2.34. The summed E-state index contributed by atoms with van der Waals surface area (Å²) >= 11 is 0. The third-order valence-electron chi connectivity index (χ3n) is 4.67. The van der Waals surface area contributed by atoms with Gasteiger partial charge in [-0.25, -0.2) is 0 Å². The van der Waals surface area contributed by atoms with Gasteiger partial charge in [0.2, 0.25) is 0 Å². The molecule has 0 aliphatic carbocycles. The number of anilines is 1. The second kappa shape index (κ2) is 7.69. The van der Waals surface area contributed by atoms with E-state index in [1.54, 1.807) is 0 Å². The van der Waals surface area contributed by atoms with Crippen molar-refractivity contribution in [2.45, 2.75) is 52.5 Å². The standard InChI is InChI=1S/C18H30N2O/c1-4-6-15-9-11-20(12-10-15)16-7-8-17(18(21)13-16)14(3)19-5-2/h7-8,13-15,19,21H,4-6,9-12H2,1-3H3. The highest BCUT2D eigenvalue weighted by Crippen LogP contribution is 2.31. The third kappa shape index (κ3) is 4.13. The number of phenolic OH excluding ortho intramolecular Hbond substituents is 1. The van der Waals surface area contributed by atoms with Crippen molar-refractivity contribution in [1.29, 1.82) is 0 Å². The molecular weight excluding hydrogens is 260 g/mol. The van der Waals surface area contributed by atoms with Crippen LogP contribution in [-0.4, -0.2) is 24.7 Å². The smallest absolute Gasteiger partial charge is 0.122 e. The number of aromatic hydroxyl groups is 1. The summed E-state index contributed by atoms with van der Waals surface area (Å²) in [5.41, 5.74) is 2.15. The number of hydrogen-bond donors (Lipinski definition) is 2. The molecule has 1 unspecified atom stereocenters. The number of nitrogens with one attached hydrogen (secondary N) is 1. The maximum absolute atomic E-state index is 10.3. The zero-order chi connectivity index (χ0) is 15.2. The van der Waals surface area contributed by atoms with Crippen molar-refractivity contribution in [3.8, 4) is 5.75 Å². The Labute approximate surface area is 129 Å². The first-order valence-electron chi connectivity index (χ1n) is 8.46. The highest BCUT2D eigenvalue weighted by molar-refractivity contribution is 5.54. The lowest BCUT2D eigenvalue weighted by molar-refractivity contribution is 0.378. The summed E-state index contributed by atoms with van der Waals surface area (Å²) in [5, 5.41) is 13.6. The van der Waals surface area contributed by atoms with Gasteiger partial charge >= 0.3 is 0 Å². The minimum atomic E-state index is 0.194. The molecule has 0 radical (unpaired) electrons. The Kier molecular flexibility index (Phi) is 5.92. The molecule has 3 heteroatoms. The van der Waals surface area contributed by atoms with E-state index in [-0.39, 0.29) is 6.04 Å². The zero-order valence-electron chi connectivity index (χ0n) is 13.7. The second-order valence-corrected chi connectivity index (χ2v) is 6.24. The Balaban J connectivity index is 2.00. The van der Waals surface area contributed by atoms with E-state index in [2.05, 4.69) is 43.1 Å². The van der Waals surface area contributed by atoms with Crippen molar-refractivity contribution >= 4 is 5.69 Å². The minimum Gasteiger partial charge on any atom is -0.508 e. The van der Waals surface area contributed by atoms with E-state index in [4.69, 9.17) is 0 Å². The van der Waals surface area contributed by atoms with E-state index in [9.17, 15) is 5.11 Å². The van der Waals surface area contributed by atoms with Gasteiger partial charge in [-0.05, 0) is 38.3 Å². The Bertz CT molecular complexity index is 439. The summed E-state index contributed by atoms with van der Waals surface area (Å²) in [6, 6.07) is 6.35. The summed E-state index contributed by atoms with van der Waals surface area (Å²) in [4.78, 5) is 2.41. The normalized spacial score (nSPS) is 18.0. The van der Waals surface area contributed by atoms with Gasteiger partial charge in [-0.2, -0.15) is 0 Å². The van der Waals surface area contributed by atoms with Gasteiger partial charge in [-0.1, -0.05) is 32.8 Å². The number of nitrogens with zero attached hydrogens (tertiary/aromatic N) is 1. The predicted octanol–water partition coefficient (Wildman–Crippen LogP) is 4.08. The van der Waals surface area contributed by atoms with Gasteiger partial charge in [0.1, 0.15) is 5.75 Å². The molecule has 1 saturated heterocycles. The molecule has 1 aliphatic heterocycles. The van der Waals surface area contributed by atoms with Crippen molar-refractivity contribution in [2.24, 2.45) is 5.92 Å². The molecule has 3 nitrogen and oxygen atoms in total. The van der Waals surface area contributed by atoms with Gasteiger partial charge in [-0.3, -0.25) is 0 Å². The van der Waals surface area contributed by atoms with Crippen LogP contribution in [0.3, 0.4) is 0 Å². The molecule has 1 aromatic rings. The fraction of sp³-hybridized carbons (Fsp3) is 0.667. The fourth-order valence-electron chi connectivity index (χ4n) is 3.40. The van der Waals surface area contributed by atoms with Crippen LogP contribution in [0.4, 0.5) is 5.69 Å². The van der Waals surface area contributed by atoms with Crippen LogP contribution in [0.25, 0.3) is 0 Å². The van der Waals surface area contributed by atoms with Crippen LogP contribution in [0.15, 0.2) is 18.2 Å². The molecule has 0 spiro atoms. The van der Waals surface area contributed by atoms with E-state index >= 15 is 0 Å². The third-order valence-corrected chi connectivity index (χ3v) is 4.67. The van der Waals surface area contributed by atoms with Crippen molar-refractivity contribution < 1.29 is 5.11 Å². The van der Waals surface area contributed by atoms with Crippen LogP contribution in [0.5, 0.6) is 5.75 Å². The quantitative estimate of drug-likeness (QED) is 0.828. The molecule has 0 saturated carbocycles. The maximum atomic E-state index is 10.3. The Morgan fingerprint density at radius 1 is 1.29 bits per heavy atom. The number of hydrogen-bond acceptors (Lipinski definition) is 3. The molecule has 118 valence electrons. The predicted molar refractivity (Wildman–Crippen MR) is 90.0 cm³/mol. The summed E-state index contributed by atoms with van der Waals surface area (Å²) in [6.45, 7) is 9.59. The molecule has 2 rings (SSSR count). The van der Waals surface area contributed by atoms with Crippen molar-refractivity contribution in [3.05, 3.63) is 23.8 Å². The van der Waals surface area contributed by atoms with Gasteiger partial charge in [0.15, 0.2) is 0 Å². The lowest BCUT2D eigenvalue weighted by Crippen LogP contribution is -2.33. The van der Waals surface area contributed by atoms with Crippen molar-refractivity contribution in [3.63, 3.8) is 0 Å². The molecule has 1 atom stereocenters. The first-order valence-corrected chi connectivity index (χ1v) is 8.46. The molecule has 1 aromatic carbocycles. The minimum absolute atomic E-state index is 0.194. The maximum Gasteiger partial charge on any atom is 0.122 e. The first-order chi connectivity index (χ1) is 10.2. The Morgan fingerprint density at radius 3 is 2.57 bits per heavy atom. The van der Waals surface area contributed by atoms with E-state index in [1.807, 2.05) is 6.07 Å². The van der Waals surface area contributed by atoms with Crippen molar-refractivity contribution in [1.82, 2.24) is 5.32 Å². The van der Waals surface area contributed by atoms with Crippen LogP contribution in [0, 0.1) is 5.92 Å². The van der Waals surface area contributed by atoms with Crippen LogP contribution in [0.1, 0.15) is 58.1 Å². The molecule has 0 amide bonds. The average Bonchev–Trinajstić information content (AvgIpc) is 2.48. The monoisotopic (exact) mass is 290 g/mol. The molecule has 21 heavy (non-hydrogen) atoms. The SMILES string of the molecule is CCCC1CCN(c2ccc(C(C)NCC)c(O)c2)CC1. The highest BCUT2D eigenvalue weighted by atomic mass is 16.3. The first kappa shape index (κ1) is 16.2. The number of piperidine rings is 1. The number of phenols is 1. The second-order valence-electron chi connectivity index (χ2n) is 6.24. The van der Waals surface area contributed by atoms with Crippen LogP contribution < -0.4 is 10.2 Å². The lowest BCUT2D eigenvalue weighted by atomic mass is 9.92. The van der Waals surface area contributed by atoms with E-state index in [0.717, 1.165) is 36.8 Å². The number of benzene rings is 1. The van der Waals surface area contributed by atoms with Gasteiger partial charge in [0.25, 0.3) is 0 Å². The summed E-state index contributed by atoms with van der Waals surface area (Å²) in [7, 11) is 0. The van der Waals surface area contributed by atoms with E-state index < -0.39 is 0 Å². The molecule has 1 aliphatic rings. The van der Waals surface area contributed by atoms with Crippen LogP contribution in [0.2, 0.25) is 0 Å². The molecule has 1 fully saturated rings. The summed E-state index contributed by atoms with van der Waals surface area (Å²) < 4.78 is 0. The van der Waals surface area contributed by atoms with E-state index in [0.29, 0.717) is 5.75 Å². The molecule has 1 heterocycles. The summed E-state index contributed by atoms with van der Waals surface area (Å²) in [5.74, 6) is 1.31. The average molecular weight is 290 g/mol. The van der Waals surface area contributed by atoms with Gasteiger partial charge in [0, 0.05) is 36.4 Å². The Hall–Kier alpha value is -1.22. The zero-order valence-corrected chi connectivity index (χ0v) is 13.7. The molecule has 0 aromatic heterocycles. The summed E-state index contributed by atoms with van der Waals surface area (Å²) in [6.07, 6.45) is 5.22. The van der Waals surface area contributed by atoms with Gasteiger partial charge in [0.05, 0.1) is 0 Å². The molecule has 2 N–H and O–H groups in total. The number of rotatable bonds is 6. The van der Waals surface area contributed by atoms with Gasteiger partial charge < -0.3 is 15.3 Å². The highest BCUT2D eigenvalue weighted by Gasteiger charge is 2.20. The molecular formula is C18H30N2O. The van der Waals surface area contributed by atoms with Crippen LogP contribution in [-0.2, 0) is 0 Å².